The van der Waals surface area contributed by atoms with Crippen molar-refractivity contribution in [2.75, 3.05) is 13.7 Å². The SMILES string of the molecule is CCC(O)COc1c(Br)cccc1CNC. The van der Waals surface area contributed by atoms with Crippen molar-refractivity contribution in [3.63, 3.8) is 0 Å². The van der Waals surface area contributed by atoms with Crippen LogP contribution in [0.4, 0.5) is 0 Å². The highest BCUT2D eigenvalue weighted by atomic mass is 79.9. The molecule has 1 aromatic carbocycles. The smallest absolute Gasteiger partial charge is 0.138 e. The Balaban J connectivity index is 2.75. The number of nitrogens with one attached hydrogen (secondary N) is 1. The van der Waals surface area contributed by atoms with Gasteiger partial charge in [-0.25, -0.2) is 0 Å². The predicted octanol–water partition coefficient (Wildman–Crippen LogP) is 2.32. The molecule has 0 bridgehead atoms. The fourth-order valence-corrected chi connectivity index (χ4v) is 1.86. The fourth-order valence-electron chi connectivity index (χ4n) is 1.34. The summed E-state index contributed by atoms with van der Waals surface area (Å²) in [5.41, 5.74) is 1.08. The Bertz CT molecular complexity index is 331. The zero-order valence-corrected chi connectivity index (χ0v) is 11.3. The summed E-state index contributed by atoms with van der Waals surface area (Å²) in [6.07, 6.45) is 0.292. The maximum absolute atomic E-state index is 9.47. The number of hydrogen-bond acceptors (Lipinski definition) is 3. The van der Waals surface area contributed by atoms with E-state index in [1.807, 2.05) is 32.2 Å². The van der Waals surface area contributed by atoms with E-state index in [0.717, 1.165) is 22.3 Å². The topological polar surface area (TPSA) is 41.5 Å². The molecule has 1 aromatic rings. The van der Waals surface area contributed by atoms with E-state index in [1.165, 1.54) is 0 Å². The molecule has 1 atom stereocenters. The Labute approximate surface area is 105 Å². The molecule has 1 unspecified atom stereocenters. The maximum Gasteiger partial charge on any atom is 0.138 e. The molecule has 90 valence electrons. The first-order chi connectivity index (χ1) is 7.69. The summed E-state index contributed by atoms with van der Waals surface area (Å²) in [5, 5.41) is 12.6. The van der Waals surface area contributed by atoms with Crippen LogP contribution in [0.2, 0.25) is 0 Å². The van der Waals surface area contributed by atoms with Gasteiger partial charge in [-0.3, -0.25) is 0 Å². The summed E-state index contributed by atoms with van der Waals surface area (Å²) in [6.45, 7) is 3.01. The minimum atomic E-state index is -0.408. The molecule has 0 amide bonds. The van der Waals surface area contributed by atoms with Crippen molar-refractivity contribution >= 4 is 15.9 Å². The Hall–Kier alpha value is -0.580. The van der Waals surface area contributed by atoms with Gasteiger partial charge in [0.15, 0.2) is 0 Å². The third-order valence-electron chi connectivity index (χ3n) is 2.31. The third kappa shape index (κ3) is 3.77. The number of rotatable bonds is 6. The van der Waals surface area contributed by atoms with Crippen molar-refractivity contribution in [2.45, 2.75) is 26.0 Å². The number of para-hydroxylation sites is 1. The molecule has 2 N–H and O–H groups in total. The van der Waals surface area contributed by atoms with Crippen LogP contribution in [-0.2, 0) is 6.54 Å². The van der Waals surface area contributed by atoms with Crippen LogP contribution in [-0.4, -0.2) is 24.9 Å². The van der Waals surface area contributed by atoms with Gasteiger partial charge >= 0.3 is 0 Å². The van der Waals surface area contributed by atoms with E-state index in [4.69, 9.17) is 4.74 Å². The van der Waals surface area contributed by atoms with Crippen LogP contribution in [0, 0.1) is 0 Å². The minimum Gasteiger partial charge on any atom is -0.489 e. The second-order valence-electron chi connectivity index (χ2n) is 3.63. The molecule has 3 nitrogen and oxygen atoms in total. The lowest BCUT2D eigenvalue weighted by Crippen LogP contribution is -2.17. The van der Waals surface area contributed by atoms with Crippen LogP contribution in [0.1, 0.15) is 18.9 Å². The van der Waals surface area contributed by atoms with E-state index in [9.17, 15) is 5.11 Å². The Morgan fingerprint density at radius 2 is 2.25 bits per heavy atom. The monoisotopic (exact) mass is 287 g/mol. The third-order valence-corrected chi connectivity index (χ3v) is 2.93. The molecule has 0 aliphatic heterocycles. The van der Waals surface area contributed by atoms with Crippen molar-refractivity contribution in [2.24, 2.45) is 0 Å². The Morgan fingerprint density at radius 3 is 2.88 bits per heavy atom. The van der Waals surface area contributed by atoms with Crippen LogP contribution in [0.3, 0.4) is 0 Å². The van der Waals surface area contributed by atoms with Crippen LogP contribution >= 0.6 is 15.9 Å². The van der Waals surface area contributed by atoms with E-state index in [2.05, 4.69) is 21.2 Å². The van der Waals surface area contributed by atoms with Crippen molar-refractivity contribution in [1.82, 2.24) is 5.32 Å². The largest absolute Gasteiger partial charge is 0.489 e. The lowest BCUT2D eigenvalue weighted by molar-refractivity contribution is 0.103. The second kappa shape index (κ2) is 6.89. The summed E-state index contributed by atoms with van der Waals surface area (Å²) in [7, 11) is 1.89. The molecule has 4 heteroatoms. The van der Waals surface area contributed by atoms with Crippen molar-refractivity contribution < 1.29 is 9.84 Å². The van der Waals surface area contributed by atoms with Gasteiger partial charge in [-0.15, -0.1) is 0 Å². The lowest BCUT2D eigenvalue weighted by atomic mass is 10.2. The number of halogens is 1. The Kier molecular flexibility index (Phi) is 5.80. The quantitative estimate of drug-likeness (QED) is 0.844. The Morgan fingerprint density at radius 1 is 1.50 bits per heavy atom. The van der Waals surface area contributed by atoms with Crippen LogP contribution in [0.25, 0.3) is 0 Å². The van der Waals surface area contributed by atoms with E-state index in [1.54, 1.807) is 0 Å². The van der Waals surface area contributed by atoms with Gasteiger partial charge in [0.25, 0.3) is 0 Å². The first-order valence-corrected chi connectivity index (χ1v) is 6.21. The van der Waals surface area contributed by atoms with Crippen molar-refractivity contribution in [1.29, 1.82) is 0 Å². The normalized spacial score (nSPS) is 12.5. The fraction of sp³-hybridized carbons (Fsp3) is 0.500. The van der Waals surface area contributed by atoms with Gasteiger partial charge in [0, 0.05) is 12.1 Å². The number of aliphatic hydroxyl groups is 1. The van der Waals surface area contributed by atoms with Gasteiger partial charge in [-0.2, -0.15) is 0 Å². The van der Waals surface area contributed by atoms with Crippen molar-refractivity contribution in [3.8, 4) is 5.75 Å². The van der Waals surface area contributed by atoms with E-state index < -0.39 is 6.10 Å². The highest BCUT2D eigenvalue weighted by Crippen LogP contribution is 2.29. The zero-order valence-electron chi connectivity index (χ0n) is 9.66. The molecule has 0 saturated heterocycles. The molecule has 0 aliphatic rings. The predicted molar refractivity (Wildman–Crippen MR) is 68.7 cm³/mol. The van der Waals surface area contributed by atoms with Crippen LogP contribution in [0.15, 0.2) is 22.7 Å². The molecular formula is C12H18BrNO2. The molecule has 1 rings (SSSR count). The molecule has 0 spiro atoms. The highest BCUT2D eigenvalue weighted by Gasteiger charge is 2.09. The number of benzene rings is 1. The zero-order chi connectivity index (χ0) is 12.0. The molecule has 0 fully saturated rings. The standard InChI is InChI=1S/C12H18BrNO2/c1-3-10(15)8-16-12-9(7-14-2)5-4-6-11(12)13/h4-6,10,14-15H,3,7-8H2,1-2H3. The van der Waals surface area contributed by atoms with E-state index >= 15 is 0 Å². The summed E-state index contributed by atoms with van der Waals surface area (Å²) in [6, 6.07) is 5.92. The molecule has 0 aliphatic carbocycles. The average Bonchev–Trinajstić information content (AvgIpc) is 2.28. The number of hydrogen-bond donors (Lipinski definition) is 2. The van der Waals surface area contributed by atoms with Gasteiger partial charge in [-0.1, -0.05) is 19.1 Å². The number of ether oxygens (including phenoxy) is 1. The van der Waals surface area contributed by atoms with E-state index in [0.29, 0.717) is 13.0 Å². The molecule has 0 aromatic heterocycles. The lowest BCUT2D eigenvalue weighted by Gasteiger charge is -2.15. The first-order valence-electron chi connectivity index (χ1n) is 5.41. The van der Waals surface area contributed by atoms with Gasteiger partial charge < -0.3 is 15.2 Å². The highest BCUT2D eigenvalue weighted by molar-refractivity contribution is 9.10. The molecule has 0 radical (unpaired) electrons. The minimum absolute atomic E-state index is 0.329. The second-order valence-corrected chi connectivity index (χ2v) is 4.49. The summed E-state index contributed by atoms with van der Waals surface area (Å²) in [4.78, 5) is 0. The summed E-state index contributed by atoms with van der Waals surface area (Å²) >= 11 is 3.45. The maximum atomic E-state index is 9.47. The van der Waals surface area contributed by atoms with Gasteiger partial charge in [0.1, 0.15) is 12.4 Å². The molecule has 0 heterocycles. The summed E-state index contributed by atoms with van der Waals surface area (Å²) < 4.78 is 6.56. The number of aliphatic hydroxyl groups excluding tert-OH is 1. The van der Waals surface area contributed by atoms with Gasteiger partial charge in [0.2, 0.25) is 0 Å². The van der Waals surface area contributed by atoms with Crippen LogP contribution in [0.5, 0.6) is 5.75 Å². The average molecular weight is 288 g/mol. The van der Waals surface area contributed by atoms with Crippen LogP contribution < -0.4 is 10.1 Å². The molecule has 16 heavy (non-hydrogen) atoms. The van der Waals surface area contributed by atoms with Crippen molar-refractivity contribution in [3.05, 3.63) is 28.2 Å². The first kappa shape index (κ1) is 13.5. The summed E-state index contributed by atoms with van der Waals surface area (Å²) in [5.74, 6) is 0.810. The van der Waals surface area contributed by atoms with Gasteiger partial charge in [0.05, 0.1) is 10.6 Å². The van der Waals surface area contributed by atoms with Gasteiger partial charge in [-0.05, 0) is 35.5 Å². The van der Waals surface area contributed by atoms with E-state index in [-0.39, 0.29) is 0 Å². The molecular weight excluding hydrogens is 270 g/mol. The molecule has 0 saturated carbocycles.